The molecule has 0 saturated heterocycles. The average molecular weight is 491 g/mol. The molecule has 0 spiro atoms. The van der Waals surface area contributed by atoms with Gasteiger partial charge in [-0.3, -0.25) is 0 Å². The third kappa shape index (κ3) is 6.76. The van der Waals surface area contributed by atoms with Gasteiger partial charge in [0.05, 0.1) is 18.8 Å². The molecule has 0 aliphatic carbocycles. The molecule has 0 radical (unpaired) electrons. The minimum absolute atomic E-state index is 0.155. The summed E-state index contributed by atoms with van der Waals surface area (Å²) in [6.07, 6.45) is 0.559. The van der Waals surface area contributed by atoms with Crippen molar-refractivity contribution in [2.24, 2.45) is 0 Å². The summed E-state index contributed by atoms with van der Waals surface area (Å²) in [4.78, 5) is 24.8. The molecular formula is C28H30N2O6. The number of nitrogens with zero attached hydrogens (tertiary/aromatic N) is 1. The molecule has 0 aliphatic heterocycles. The Bertz CT molecular complexity index is 1420. The van der Waals surface area contributed by atoms with Crippen molar-refractivity contribution in [2.45, 2.75) is 45.9 Å². The zero-order valence-corrected chi connectivity index (χ0v) is 20.6. The highest BCUT2D eigenvalue weighted by Gasteiger charge is 2.12. The van der Waals surface area contributed by atoms with Gasteiger partial charge in [0, 0.05) is 6.42 Å². The van der Waals surface area contributed by atoms with Gasteiger partial charge in [-0.1, -0.05) is 36.4 Å². The van der Waals surface area contributed by atoms with Gasteiger partial charge in [-0.05, 0) is 78.9 Å². The quantitative estimate of drug-likeness (QED) is 0.344. The van der Waals surface area contributed by atoms with Gasteiger partial charge >= 0.3 is 11.4 Å². The molecule has 0 bridgehead atoms. The number of H-pyrrole nitrogens is 1. The van der Waals surface area contributed by atoms with Crippen molar-refractivity contribution in [1.29, 1.82) is 0 Å². The molecule has 0 unspecified atom stereocenters. The first kappa shape index (κ1) is 25.1. The van der Waals surface area contributed by atoms with Crippen molar-refractivity contribution in [3.05, 3.63) is 104 Å². The predicted octanol–water partition coefficient (Wildman–Crippen LogP) is 4.27. The number of rotatable bonds is 10. The SMILES string of the molecule is Cc1cc(OCCC(C)(C)O)ccc1-c1cccc(COc2ccc(Cn3oc(=O)[nH]c3=O)cc2)c1. The van der Waals surface area contributed by atoms with Crippen molar-refractivity contribution in [3.63, 3.8) is 0 Å². The van der Waals surface area contributed by atoms with Crippen LogP contribution in [-0.2, 0) is 13.2 Å². The lowest BCUT2D eigenvalue weighted by atomic mass is 9.99. The largest absolute Gasteiger partial charge is 0.493 e. The molecule has 1 aromatic heterocycles. The number of hydrogen-bond acceptors (Lipinski definition) is 6. The summed E-state index contributed by atoms with van der Waals surface area (Å²) in [5.74, 6) is 0.701. The van der Waals surface area contributed by atoms with Crippen LogP contribution in [0.1, 0.15) is 37.0 Å². The number of aryl methyl sites for hydroxylation is 1. The van der Waals surface area contributed by atoms with Crippen LogP contribution >= 0.6 is 0 Å². The fraction of sp³-hybridized carbons (Fsp3) is 0.286. The van der Waals surface area contributed by atoms with E-state index in [4.69, 9.17) is 14.0 Å². The molecule has 0 amide bonds. The average Bonchev–Trinajstić information content (AvgIpc) is 3.14. The zero-order valence-electron chi connectivity index (χ0n) is 20.6. The molecule has 188 valence electrons. The van der Waals surface area contributed by atoms with Gasteiger partial charge in [0.15, 0.2) is 0 Å². The molecule has 8 heteroatoms. The Morgan fingerprint density at radius 3 is 2.36 bits per heavy atom. The first-order chi connectivity index (χ1) is 17.2. The Hall–Kier alpha value is -4.04. The highest BCUT2D eigenvalue weighted by molar-refractivity contribution is 5.68. The predicted molar refractivity (Wildman–Crippen MR) is 136 cm³/mol. The van der Waals surface area contributed by atoms with E-state index in [1.54, 1.807) is 13.8 Å². The highest BCUT2D eigenvalue weighted by atomic mass is 16.5. The molecule has 1 heterocycles. The van der Waals surface area contributed by atoms with Crippen LogP contribution in [0.4, 0.5) is 0 Å². The van der Waals surface area contributed by atoms with Crippen LogP contribution in [0.5, 0.6) is 11.5 Å². The molecule has 0 atom stereocenters. The topological polar surface area (TPSA) is 107 Å². The molecule has 0 saturated carbocycles. The van der Waals surface area contributed by atoms with Crippen molar-refractivity contribution >= 4 is 0 Å². The van der Waals surface area contributed by atoms with Crippen molar-refractivity contribution in [1.82, 2.24) is 9.72 Å². The lowest BCUT2D eigenvalue weighted by Gasteiger charge is -2.17. The highest BCUT2D eigenvalue weighted by Crippen LogP contribution is 2.28. The van der Waals surface area contributed by atoms with E-state index in [9.17, 15) is 14.7 Å². The van der Waals surface area contributed by atoms with Crippen LogP contribution in [0, 0.1) is 6.92 Å². The maximum absolute atomic E-state index is 11.6. The molecule has 0 fully saturated rings. The zero-order chi connectivity index (χ0) is 25.7. The second-order valence-corrected chi connectivity index (χ2v) is 9.37. The van der Waals surface area contributed by atoms with Gasteiger partial charge in [-0.2, -0.15) is 0 Å². The second-order valence-electron chi connectivity index (χ2n) is 9.37. The maximum Gasteiger partial charge on any atom is 0.440 e. The molecule has 8 nitrogen and oxygen atoms in total. The van der Waals surface area contributed by atoms with Crippen molar-refractivity contribution in [3.8, 4) is 22.6 Å². The third-order valence-corrected chi connectivity index (χ3v) is 5.70. The summed E-state index contributed by atoms with van der Waals surface area (Å²) >= 11 is 0. The summed E-state index contributed by atoms with van der Waals surface area (Å²) in [6, 6.07) is 21.5. The maximum atomic E-state index is 11.6. The van der Waals surface area contributed by atoms with E-state index < -0.39 is 17.0 Å². The first-order valence-corrected chi connectivity index (χ1v) is 11.7. The fourth-order valence-corrected chi connectivity index (χ4v) is 3.74. The Morgan fingerprint density at radius 1 is 0.944 bits per heavy atom. The summed E-state index contributed by atoms with van der Waals surface area (Å²) < 4.78 is 17.5. The van der Waals surface area contributed by atoms with Crippen LogP contribution in [-0.4, -0.2) is 27.0 Å². The van der Waals surface area contributed by atoms with Gasteiger partial charge in [-0.15, -0.1) is 4.74 Å². The van der Waals surface area contributed by atoms with E-state index in [-0.39, 0.29) is 6.54 Å². The summed E-state index contributed by atoms with van der Waals surface area (Å²) in [7, 11) is 0. The van der Waals surface area contributed by atoms with E-state index in [1.165, 1.54) is 0 Å². The van der Waals surface area contributed by atoms with E-state index in [1.807, 2.05) is 54.6 Å². The van der Waals surface area contributed by atoms with E-state index in [2.05, 4.69) is 24.0 Å². The van der Waals surface area contributed by atoms with Crippen molar-refractivity contribution < 1.29 is 19.1 Å². The minimum atomic E-state index is -0.774. The Balaban J connectivity index is 1.37. The number of aromatic nitrogens is 2. The van der Waals surface area contributed by atoms with Crippen LogP contribution in [0.15, 0.2) is 80.8 Å². The summed E-state index contributed by atoms with van der Waals surface area (Å²) in [5.41, 5.74) is 3.81. The Kier molecular flexibility index (Phi) is 7.45. The number of hydrogen-bond donors (Lipinski definition) is 2. The summed E-state index contributed by atoms with van der Waals surface area (Å²) in [5, 5.41) is 9.85. The number of nitrogens with one attached hydrogen (secondary N) is 1. The molecule has 4 rings (SSSR count). The molecule has 36 heavy (non-hydrogen) atoms. The molecule has 3 aromatic carbocycles. The second kappa shape index (κ2) is 10.7. The van der Waals surface area contributed by atoms with Crippen LogP contribution in [0.25, 0.3) is 11.1 Å². The van der Waals surface area contributed by atoms with Gasteiger partial charge < -0.3 is 19.1 Å². The number of benzene rings is 3. The smallest absolute Gasteiger partial charge is 0.440 e. The number of aliphatic hydroxyl groups is 1. The number of aromatic amines is 1. The summed E-state index contributed by atoms with van der Waals surface area (Å²) in [6.45, 7) is 6.60. The van der Waals surface area contributed by atoms with E-state index >= 15 is 0 Å². The standard InChI is InChI=1S/C28H30N2O6/c1-19-15-24(34-14-13-28(2,3)33)11-12-25(19)22-6-4-5-21(16-22)18-35-23-9-7-20(8-10-23)17-30-26(31)29-27(32)36-30/h4-12,15-16,33H,13-14,17-18H2,1-3H3,(H,29,31,32). The molecular weight excluding hydrogens is 460 g/mol. The van der Waals surface area contributed by atoms with Gasteiger partial charge in [0.25, 0.3) is 0 Å². The lowest BCUT2D eigenvalue weighted by molar-refractivity contribution is 0.0553. The normalized spacial score (nSPS) is 11.4. The van der Waals surface area contributed by atoms with Crippen LogP contribution in [0.3, 0.4) is 0 Å². The Labute approximate surface area is 208 Å². The van der Waals surface area contributed by atoms with Crippen LogP contribution < -0.4 is 20.9 Å². The Morgan fingerprint density at radius 2 is 1.69 bits per heavy atom. The first-order valence-electron chi connectivity index (χ1n) is 11.7. The van der Waals surface area contributed by atoms with Crippen LogP contribution in [0.2, 0.25) is 0 Å². The molecule has 4 aromatic rings. The molecule has 2 N–H and O–H groups in total. The lowest BCUT2D eigenvalue weighted by Crippen LogP contribution is -2.21. The number of ether oxygens (including phenoxy) is 2. The van der Waals surface area contributed by atoms with Crippen molar-refractivity contribution in [2.75, 3.05) is 6.61 Å². The van der Waals surface area contributed by atoms with Gasteiger partial charge in [0.2, 0.25) is 0 Å². The van der Waals surface area contributed by atoms with Gasteiger partial charge in [0.1, 0.15) is 18.1 Å². The monoisotopic (exact) mass is 490 g/mol. The van der Waals surface area contributed by atoms with Gasteiger partial charge in [-0.25, -0.2) is 14.6 Å². The molecule has 0 aliphatic rings. The third-order valence-electron chi connectivity index (χ3n) is 5.70. The minimum Gasteiger partial charge on any atom is -0.493 e. The van der Waals surface area contributed by atoms with E-state index in [0.29, 0.717) is 25.4 Å². The van der Waals surface area contributed by atoms with E-state index in [0.717, 1.165) is 38.3 Å². The fourth-order valence-electron chi connectivity index (χ4n) is 3.74.